The Morgan fingerprint density at radius 2 is 1.81 bits per heavy atom. The Kier molecular flexibility index (Phi) is 5.41. The van der Waals surface area contributed by atoms with Crippen molar-refractivity contribution in [2.75, 3.05) is 0 Å². The normalized spacial score (nSPS) is 16.9. The van der Waals surface area contributed by atoms with E-state index in [0.717, 1.165) is 50.9 Å². The van der Waals surface area contributed by atoms with E-state index in [1.165, 1.54) is 33.6 Å². The fraction of sp³-hybridized carbons (Fsp3) is 0.161. The lowest BCUT2D eigenvalue weighted by molar-refractivity contribution is 0.585. The second-order valence-corrected chi connectivity index (χ2v) is 11.5. The van der Waals surface area contributed by atoms with Crippen LogP contribution in [0.4, 0.5) is 0 Å². The van der Waals surface area contributed by atoms with Crippen molar-refractivity contribution in [2.45, 2.75) is 32.4 Å². The zero-order valence-electron chi connectivity index (χ0n) is 20.3. The van der Waals surface area contributed by atoms with Crippen LogP contribution in [-0.4, -0.2) is 9.13 Å². The molecule has 3 aromatic carbocycles. The van der Waals surface area contributed by atoms with Crippen LogP contribution in [0.15, 0.2) is 98.8 Å². The average molecular weight is 567 g/mol. The maximum atomic E-state index is 14.0. The predicted molar refractivity (Wildman–Crippen MR) is 155 cm³/mol. The zero-order valence-corrected chi connectivity index (χ0v) is 22.7. The van der Waals surface area contributed by atoms with E-state index in [1.807, 2.05) is 10.6 Å². The molecule has 37 heavy (non-hydrogen) atoms. The first-order chi connectivity index (χ1) is 18.1. The average Bonchev–Trinajstić information content (AvgIpc) is 3.45. The Labute approximate surface area is 226 Å². The summed E-state index contributed by atoms with van der Waals surface area (Å²) in [7, 11) is 0. The number of allylic oxidation sites excluding steroid dienone is 1. The molecule has 2 aliphatic rings. The molecule has 4 nitrogen and oxygen atoms in total. The van der Waals surface area contributed by atoms with Gasteiger partial charge in [-0.15, -0.1) is 0 Å². The highest BCUT2D eigenvalue weighted by Crippen LogP contribution is 2.41. The lowest BCUT2D eigenvalue weighted by Gasteiger charge is -2.30. The van der Waals surface area contributed by atoms with Crippen molar-refractivity contribution in [3.63, 3.8) is 0 Å². The van der Waals surface area contributed by atoms with Gasteiger partial charge < -0.3 is 4.57 Å². The highest BCUT2D eigenvalue weighted by molar-refractivity contribution is 9.10. The highest BCUT2D eigenvalue weighted by Gasteiger charge is 2.32. The summed E-state index contributed by atoms with van der Waals surface area (Å²) < 4.78 is 5.90. The molecule has 1 unspecified atom stereocenters. The zero-order chi connectivity index (χ0) is 25.1. The van der Waals surface area contributed by atoms with Crippen molar-refractivity contribution in [3.8, 4) is 0 Å². The maximum Gasteiger partial charge on any atom is 0.271 e. The van der Waals surface area contributed by atoms with E-state index in [4.69, 9.17) is 4.99 Å². The number of aromatic nitrogens is 2. The second-order valence-electron chi connectivity index (χ2n) is 9.55. The fourth-order valence-electron chi connectivity index (χ4n) is 5.76. The fourth-order valence-corrected chi connectivity index (χ4v) is 7.02. The van der Waals surface area contributed by atoms with Crippen molar-refractivity contribution < 1.29 is 0 Å². The second kappa shape index (κ2) is 8.82. The molecule has 1 aliphatic heterocycles. The quantitative estimate of drug-likeness (QED) is 0.262. The third-order valence-corrected chi connectivity index (χ3v) is 9.02. The van der Waals surface area contributed by atoms with Crippen LogP contribution in [-0.2, 0) is 13.0 Å². The van der Waals surface area contributed by atoms with Gasteiger partial charge in [0, 0.05) is 39.2 Å². The molecule has 0 saturated heterocycles. The van der Waals surface area contributed by atoms with Crippen molar-refractivity contribution in [2.24, 2.45) is 4.99 Å². The number of fused-ring (bicyclic) bond motifs is 4. The molecule has 1 atom stereocenters. The molecule has 0 saturated carbocycles. The minimum atomic E-state index is -0.160. The molecule has 6 heteroatoms. The van der Waals surface area contributed by atoms with Gasteiger partial charge >= 0.3 is 0 Å². The third-order valence-electron chi connectivity index (χ3n) is 7.51. The van der Waals surface area contributed by atoms with Crippen molar-refractivity contribution in [1.29, 1.82) is 0 Å². The molecule has 0 spiro atoms. The molecular weight excluding hydrogens is 542 g/mol. The first-order valence-electron chi connectivity index (χ1n) is 12.6. The molecule has 0 amide bonds. The summed E-state index contributed by atoms with van der Waals surface area (Å²) >= 11 is 5.06. The monoisotopic (exact) mass is 565 g/mol. The molecule has 0 radical (unpaired) electrons. The standard InChI is InChI=1S/C31H24BrN3OS/c1-2-34-18-21(23-8-5-6-10-26(23)34)17-27-30(36)35-29(20-11-14-22(32)15-12-20)25-16-13-19-7-3-4-9-24(19)28(25)33-31(35)37-27/h3-12,14-15,17-18,29H,2,13,16H2,1H3/b27-17-. The van der Waals surface area contributed by atoms with Gasteiger partial charge in [-0.1, -0.05) is 81.9 Å². The number of halogens is 1. The van der Waals surface area contributed by atoms with E-state index in [2.05, 4.69) is 106 Å². The van der Waals surface area contributed by atoms with Crippen LogP contribution in [0.1, 0.15) is 41.6 Å². The molecule has 0 bridgehead atoms. The Hall–Kier alpha value is -3.48. The number of para-hydroxylation sites is 1. The van der Waals surface area contributed by atoms with Crippen molar-refractivity contribution in [1.82, 2.24) is 9.13 Å². The van der Waals surface area contributed by atoms with E-state index in [0.29, 0.717) is 4.53 Å². The topological polar surface area (TPSA) is 39.3 Å². The maximum absolute atomic E-state index is 14.0. The van der Waals surface area contributed by atoms with Gasteiger partial charge in [-0.2, -0.15) is 0 Å². The summed E-state index contributed by atoms with van der Waals surface area (Å²) in [6.07, 6.45) is 6.05. The SMILES string of the molecule is CCn1cc(/C=c2\sc3n(c2=O)C(c2ccc(Br)cc2)C2=C(N=3)c3ccccc3CC2)c2ccccc21. The molecule has 2 aromatic heterocycles. The van der Waals surface area contributed by atoms with Gasteiger partial charge in [0.25, 0.3) is 5.56 Å². The van der Waals surface area contributed by atoms with Crippen LogP contribution in [0.2, 0.25) is 0 Å². The first-order valence-corrected chi connectivity index (χ1v) is 14.2. The Bertz CT molecular complexity index is 1910. The summed E-state index contributed by atoms with van der Waals surface area (Å²) in [5.41, 5.74) is 8.16. The number of aryl methyl sites for hydroxylation is 2. The number of benzene rings is 3. The number of thiazole rings is 1. The lowest BCUT2D eigenvalue weighted by Crippen LogP contribution is -2.38. The largest absolute Gasteiger partial charge is 0.347 e. The molecule has 3 heterocycles. The molecule has 5 aromatic rings. The Morgan fingerprint density at radius 3 is 2.65 bits per heavy atom. The van der Waals surface area contributed by atoms with Crippen molar-refractivity contribution in [3.05, 3.63) is 131 Å². The molecule has 182 valence electrons. The van der Waals surface area contributed by atoms with Gasteiger partial charge in [0.1, 0.15) is 0 Å². The highest BCUT2D eigenvalue weighted by atomic mass is 79.9. The molecule has 0 N–H and O–H groups in total. The van der Waals surface area contributed by atoms with Crippen LogP contribution in [0.3, 0.4) is 0 Å². The summed E-state index contributed by atoms with van der Waals surface area (Å²) in [5, 5.41) is 1.16. The Balaban J connectivity index is 1.49. The third kappa shape index (κ3) is 3.62. The van der Waals surface area contributed by atoms with Crippen LogP contribution in [0, 0.1) is 0 Å². The van der Waals surface area contributed by atoms with Gasteiger partial charge in [0.15, 0.2) is 4.80 Å². The van der Waals surface area contributed by atoms with Gasteiger partial charge in [-0.05, 0) is 60.7 Å². The number of rotatable bonds is 3. The first kappa shape index (κ1) is 22.7. The van der Waals surface area contributed by atoms with Crippen LogP contribution < -0.4 is 14.9 Å². The summed E-state index contributed by atoms with van der Waals surface area (Å²) in [4.78, 5) is 19.9. The van der Waals surface area contributed by atoms with E-state index < -0.39 is 0 Å². The smallest absolute Gasteiger partial charge is 0.271 e. The predicted octanol–water partition coefficient (Wildman–Crippen LogP) is 6.06. The van der Waals surface area contributed by atoms with E-state index in [1.54, 1.807) is 0 Å². The summed E-state index contributed by atoms with van der Waals surface area (Å²) in [6, 6.07) is 25.1. The number of hydrogen-bond donors (Lipinski definition) is 0. The summed E-state index contributed by atoms with van der Waals surface area (Å²) in [6.45, 7) is 3.02. The number of nitrogens with zero attached hydrogens (tertiary/aromatic N) is 3. The molecule has 7 rings (SSSR count). The number of hydrogen-bond acceptors (Lipinski definition) is 3. The van der Waals surface area contributed by atoms with Gasteiger partial charge in [-0.3, -0.25) is 9.36 Å². The van der Waals surface area contributed by atoms with Crippen LogP contribution >= 0.6 is 27.3 Å². The lowest BCUT2D eigenvalue weighted by atomic mass is 9.83. The van der Waals surface area contributed by atoms with Crippen molar-refractivity contribution >= 4 is 49.9 Å². The van der Waals surface area contributed by atoms with Gasteiger partial charge in [0.2, 0.25) is 0 Å². The van der Waals surface area contributed by atoms with E-state index in [9.17, 15) is 4.79 Å². The van der Waals surface area contributed by atoms with Gasteiger partial charge in [0.05, 0.1) is 16.3 Å². The van der Waals surface area contributed by atoms with E-state index in [-0.39, 0.29) is 11.6 Å². The molecule has 0 fully saturated rings. The van der Waals surface area contributed by atoms with E-state index >= 15 is 0 Å². The van der Waals surface area contributed by atoms with Gasteiger partial charge in [-0.25, -0.2) is 4.99 Å². The minimum Gasteiger partial charge on any atom is -0.347 e. The minimum absolute atomic E-state index is 0.0235. The summed E-state index contributed by atoms with van der Waals surface area (Å²) in [5.74, 6) is 0. The Morgan fingerprint density at radius 1 is 1.03 bits per heavy atom. The molecule has 1 aliphatic carbocycles. The molecular formula is C31H24BrN3OS. The van der Waals surface area contributed by atoms with Crippen LogP contribution in [0.25, 0.3) is 22.7 Å². The van der Waals surface area contributed by atoms with Crippen LogP contribution in [0.5, 0.6) is 0 Å².